The molecule has 1 aromatic carbocycles. The normalized spacial score (nSPS) is 21.8. The van der Waals surface area contributed by atoms with Crippen LogP contribution >= 0.6 is 0 Å². The van der Waals surface area contributed by atoms with Gasteiger partial charge in [0.2, 0.25) is 11.5 Å². The Bertz CT molecular complexity index is 1470. The van der Waals surface area contributed by atoms with E-state index >= 15 is 0 Å². The zero-order chi connectivity index (χ0) is 29.2. The number of urea groups is 1. The van der Waals surface area contributed by atoms with Gasteiger partial charge in [-0.25, -0.2) is 9.78 Å². The minimum Gasteiger partial charge on any atom is -0.349 e. The second-order valence-electron chi connectivity index (χ2n) is 9.75. The van der Waals surface area contributed by atoms with Gasteiger partial charge in [0.15, 0.2) is 0 Å². The Balaban J connectivity index is 1.35. The fourth-order valence-corrected chi connectivity index (χ4v) is 4.91. The first kappa shape index (κ1) is 28.0. The number of benzene rings is 1. The van der Waals surface area contributed by atoms with Gasteiger partial charge >= 0.3 is 12.2 Å². The van der Waals surface area contributed by atoms with Crippen LogP contribution in [0.25, 0.3) is 0 Å². The number of carbonyl (C=O) groups excluding carboxylic acids is 2. The molecule has 0 aliphatic carbocycles. The summed E-state index contributed by atoms with van der Waals surface area (Å²) in [4.78, 5) is 39.9. The highest BCUT2D eigenvalue weighted by Crippen LogP contribution is 2.34. The lowest BCUT2D eigenvalue weighted by molar-refractivity contribution is -0.750. The number of alkyl halides is 3. The van der Waals surface area contributed by atoms with Crippen LogP contribution in [0.4, 0.5) is 23.8 Å². The van der Waals surface area contributed by atoms with Crippen molar-refractivity contribution in [3.63, 3.8) is 0 Å². The third-order valence-corrected chi connectivity index (χ3v) is 6.90. The number of carbonyl (C=O) groups is 2. The predicted molar refractivity (Wildman–Crippen MR) is 146 cm³/mol. The van der Waals surface area contributed by atoms with Gasteiger partial charge in [-0.1, -0.05) is 0 Å². The van der Waals surface area contributed by atoms with Crippen molar-refractivity contribution >= 4 is 29.8 Å². The third-order valence-electron chi connectivity index (χ3n) is 6.90. The molecule has 3 aliphatic rings. The molecule has 0 bridgehead atoms. The SMILES string of the molecule is CCNC(=O)NC1CCCN(C2=C3C=NC=C[N+]3(N)C(c3ccc(C(=O)Nc4cc(C(F)(F)F)ccn4)cc3)=N2)C1. The van der Waals surface area contributed by atoms with E-state index < -0.39 is 17.6 Å². The van der Waals surface area contributed by atoms with Crippen molar-refractivity contribution in [1.29, 1.82) is 0 Å². The average molecular weight is 569 g/mol. The van der Waals surface area contributed by atoms with Crippen molar-refractivity contribution in [1.82, 2.24) is 20.5 Å². The molecule has 1 aromatic heterocycles. The molecule has 2 atom stereocenters. The first-order valence-corrected chi connectivity index (χ1v) is 13.0. The molecular weight excluding hydrogens is 539 g/mol. The number of aliphatic imine (C=N–C) groups is 2. The van der Waals surface area contributed by atoms with Crippen molar-refractivity contribution in [2.45, 2.75) is 32.0 Å². The van der Waals surface area contributed by atoms with Gasteiger partial charge in [0.05, 0.1) is 23.5 Å². The van der Waals surface area contributed by atoms with Crippen LogP contribution in [0.5, 0.6) is 0 Å². The van der Waals surface area contributed by atoms with Crippen LogP contribution in [-0.4, -0.2) is 64.1 Å². The van der Waals surface area contributed by atoms with Crippen LogP contribution in [0.1, 0.15) is 41.3 Å². The van der Waals surface area contributed by atoms with Gasteiger partial charge in [-0.2, -0.15) is 24.0 Å². The smallest absolute Gasteiger partial charge is 0.349 e. The molecule has 1 fully saturated rings. The average Bonchev–Trinajstić information content (AvgIpc) is 3.26. The Morgan fingerprint density at radius 2 is 1.98 bits per heavy atom. The van der Waals surface area contributed by atoms with Gasteiger partial charge < -0.3 is 20.9 Å². The van der Waals surface area contributed by atoms with E-state index in [1.54, 1.807) is 42.9 Å². The summed E-state index contributed by atoms with van der Waals surface area (Å²) in [7, 11) is 0. The van der Waals surface area contributed by atoms with E-state index in [0.29, 0.717) is 36.0 Å². The molecule has 2 unspecified atom stereocenters. The van der Waals surface area contributed by atoms with Gasteiger partial charge in [-0.3, -0.25) is 9.79 Å². The Morgan fingerprint density at radius 1 is 1.20 bits per heavy atom. The van der Waals surface area contributed by atoms with E-state index in [0.717, 1.165) is 37.7 Å². The molecule has 0 saturated carbocycles. The maximum atomic E-state index is 13.0. The van der Waals surface area contributed by atoms with Crippen LogP contribution in [-0.2, 0) is 6.18 Å². The lowest BCUT2D eigenvalue weighted by atomic mass is 10.1. The number of allylic oxidation sites excluding steroid dienone is 1. The van der Waals surface area contributed by atoms with Gasteiger partial charge in [-0.05, 0) is 56.2 Å². The van der Waals surface area contributed by atoms with E-state index in [1.165, 1.54) is 0 Å². The first-order valence-electron chi connectivity index (χ1n) is 13.0. The monoisotopic (exact) mass is 568 g/mol. The summed E-state index contributed by atoms with van der Waals surface area (Å²) in [5.74, 6) is 7.15. The van der Waals surface area contributed by atoms with Gasteiger partial charge in [0, 0.05) is 37.4 Å². The molecule has 11 nitrogen and oxygen atoms in total. The second kappa shape index (κ2) is 11.1. The summed E-state index contributed by atoms with van der Waals surface area (Å²) >= 11 is 0. The van der Waals surface area contributed by atoms with E-state index in [1.807, 2.05) is 6.92 Å². The minimum absolute atomic E-state index is 0.0671. The van der Waals surface area contributed by atoms with E-state index in [9.17, 15) is 22.8 Å². The standard InChI is InChI=1S/C27H28F3N9O2/c1-2-33-26(41)35-20-4-3-12-38(16-20)23-21-15-32-11-13-39(21,31)24(37-23)17-5-7-18(8-6-17)25(40)36-22-14-19(9-10-34-22)27(28,29)30/h5-11,13-15,20H,2-4,12,16,31H2,1H3,(H2-,33,34,35,36,40,41)/p+1. The topological polar surface area (TPSA) is 137 Å². The number of nitrogens with two attached hydrogens (primary N) is 1. The quantitative estimate of drug-likeness (QED) is 0.313. The summed E-state index contributed by atoms with van der Waals surface area (Å²) in [6.45, 7) is 3.66. The number of amidine groups is 1. The molecule has 2 aromatic rings. The number of pyridine rings is 1. The highest BCUT2D eigenvalue weighted by atomic mass is 19.4. The number of hydrogen-bond acceptors (Lipinski definition) is 7. The molecule has 5 rings (SSSR count). The molecule has 4 heterocycles. The maximum absolute atomic E-state index is 13.0. The number of likely N-dealkylation sites (tertiary alicyclic amines) is 1. The zero-order valence-corrected chi connectivity index (χ0v) is 22.2. The minimum atomic E-state index is -4.55. The third kappa shape index (κ3) is 5.83. The number of anilines is 1. The fraction of sp³-hybridized carbons (Fsp3) is 0.296. The molecule has 41 heavy (non-hydrogen) atoms. The number of nitrogens with one attached hydrogen (secondary N) is 3. The molecule has 5 N–H and O–H groups in total. The Labute approximate surface area is 233 Å². The lowest BCUT2D eigenvalue weighted by Crippen LogP contribution is -2.53. The Kier molecular flexibility index (Phi) is 7.60. The maximum Gasteiger partial charge on any atom is 0.416 e. The molecular formula is C27H29F3N9O2+. The Hall–Kier alpha value is -4.56. The number of hydrogen-bond donors (Lipinski definition) is 4. The summed E-state index contributed by atoms with van der Waals surface area (Å²) in [5, 5.41) is 8.15. The van der Waals surface area contributed by atoms with E-state index in [2.05, 4.69) is 30.8 Å². The number of halogens is 3. The molecule has 14 heteroatoms. The molecule has 214 valence electrons. The van der Waals surface area contributed by atoms with Crippen molar-refractivity contribution in [3.8, 4) is 0 Å². The summed E-state index contributed by atoms with van der Waals surface area (Å²) < 4.78 is 38.8. The Morgan fingerprint density at radius 3 is 2.71 bits per heavy atom. The van der Waals surface area contributed by atoms with Crippen molar-refractivity contribution in [2.75, 3.05) is 25.0 Å². The predicted octanol–water partition coefficient (Wildman–Crippen LogP) is 3.31. The lowest BCUT2D eigenvalue weighted by Gasteiger charge is -2.34. The number of piperidine rings is 1. The number of quaternary nitrogens is 1. The second-order valence-corrected chi connectivity index (χ2v) is 9.75. The number of amides is 3. The summed E-state index contributed by atoms with van der Waals surface area (Å²) in [6, 6.07) is 7.76. The highest BCUT2D eigenvalue weighted by molar-refractivity contribution is 6.05. The van der Waals surface area contributed by atoms with Gasteiger partial charge in [-0.15, -0.1) is 4.59 Å². The van der Waals surface area contributed by atoms with Crippen LogP contribution in [0.2, 0.25) is 0 Å². The number of aromatic nitrogens is 1. The summed E-state index contributed by atoms with van der Waals surface area (Å²) in [5.41, 5.74) is 0.613. The van der Waals surface area contributed by atoms with Gasteiger partial charge in [0.25, 0.3) is 11.7 Å². The molecule has 0 spiro atoms. The van der Waals surface area contributed by atoms with Crippen molar-refractivity contribution in [2.24, 2.45) is 15.8 Å². The van der Waals surface area contributed by atoms with Crippen LogP contribution in [0.3, 0.4) is 0 Å². The molecule has 3 aliphatic heterocycles. The van der Waals surface area contributed by atoms with Crippen molar-refractivity contribution in [3.05, 3.63) is 83.2 Å². The van der Waals surface area contributed by atoms with Crippen LogP contribution in [0.15, 0.2) is 76.5 Å². The van der Waals surface area contributed by atoms with Crippen molar-refractivity contribution < 1.29 is 27.4 Å². The highest BCUT2D eigenvalue weighted by Gasteiger charge is 2.46. The number of nitrogens with zero attached hydrogens (tertiary/aromatic N) is 5. The number of fused-ring (bicyclic) bond motifs is 1. The molecule has 1 saturated heterocycles. The number of rotatable bonds is 6. The fourth-order valence-electron chi connectivity index (χ4n) is 4.91. The largest absolute Gasteiger partial charge is 0.416 e. The molecule has 3 amide bonds. The van der Waals surface area contributed by atoms with E-state index in [-0.39, 0.29) is 28.0 Å². The zero-order valence-electron chi connectivity index (χ0n) is 22.2. The van der Waals surface area contributed by atoms with Gasteiger partial charge in [0.1, 0.15) is 12.0 Å². The summed E-state index contributed by atoms with van der Waals surface area (Å²) in [6.07, 6.45) is 3.07. The van der Waals surface area contributed by atoms with Crippen LogP contribution in [0, 0.1) is 0 Å². The first-order chi connectivity index (χ1) is 19.6. The molecule has 0 radical (unpaired) electrons. The van der Waals surface area contributed by atoms with Crippen LogP contribution < -0.4 is 21.8 Å². The van der Waals surface area contributed by atoms with E-state index in [4.69, 9.17) is 10.8 Å².